The Morgan fingerprint density at radius 3 is 1.23 bits per heavy atom. The standard InChI is InChI=1S/C69H117NO18/c1-3-5-7-9-11-13-15-16-17-18-19-20-21-22-23-24-25-26-27-28-29-30-31-32-33-34-35-36-37-39-41-43-45-47-57(75)70-52(53(74)46-44-42-40-38-14-12-10-8-6-4-2)51-83-67-63(81)60(78)65(55(49-72)85-67)88-69-64(82)61(79)66(56(50-73)86-69)87-68-62(80)59(77)58(76)54(48-71)84-68/h5,7,11,13,16-17,19-20,22-23,25-26,28-29,31-32,52-56,58-69,71-74,76-82H,3-4,6,8-10,12,14-15,18,21,24,27,30,33-51H2,1-2H3,(H,70,75)/b7-5-,13-11-,17-16-,20-19-,23-22-,26-25-,29-28-,32-31-. The SMILES string of the molecule is CC/C=C\C/C=C\C/C=C\C/C=C\C/C=C\C/C=C\C/C=C\C/C=C\CCCCCCCCCCC(=O)NC(COC1OC(CO)C(OC2OC(CO)C(OC3OC(CO)C(O)C(O)C3O)C(O)C2O)C(O)C1O)C(O)CCCCCCCCCCCC. The summed E-state index contributed by atoms with van der Waals surface area (Å²) in [6, 6.07) is -0.897. The second-order valence-corrected chi connectivity index (χ2v) is 23.6. The quantitative estimate of drug-likeness (QED) is 0.0202. The van der Waals surface area contributed by atoms with Gasteiger partial charge in [-0.25, -0.2) is 0 Å². The number of carbonyl (C=O) groups excluding carboxylic acids is 1. The van der Waals surface area contributed by atoms with Gasteiger partial charge >= 0.3 is 0 Å². The van der Waals surface area contributed by atoms with E-state index >= 15 is 0 Å². The van der Waals surface area contributed by atoms with Gasteiger partial charge in [-0.1, -0.05) is 214 Å². The van der Waals surface area contributed by atoms with Crippen molar-refractivity contribution in [2.75, 3.05) is 26.4 Å². The number of allylic oxidation sites excluding steroid dienone is 16. The molecule has 19 nitrogen and oxygen atoms in total. The summed E-state index contributed by atoms with van der Waals surface area (Å²) in [4.78, 5) is 13.4. The topological polar surface area (TPSA) is 307 Å². The molecule has 0 aromatic heterocycles. The first kappa shape index (κ1) is 78.9. The summed E-state index contributed by atoms with van der Waals surface area (Å²) < 4.78 is 34.3. The lowest BCUT2D eigenvalue weighted by Gasteiger charge is -2.48. The fourth-order valence-corrected chi connectivity index (χ4v) is 10.7. The van der Waals surface area contributed by atoms with Gasteiger partial charge in [-0.2, -0.15) is 0 Å². The Morgan fingerprint density at radius 1 is 0.420 bits per heavy atom. The molecule has 88 heavy (non-hydrogen) atoms. The second-order valence-electron chi connectivity index (χ2n) is 23.6. The molecule has 0 aromatic carbocycles. The number of amides is 1. The van der Waals surface area contributed by atoms with Gasteiger partial charge in [-0.15, -0.1) is 0 Å². The van der Waals surface area contributed by atoms with Crippen LogP contribution in [0.4, 0.5) is 0 Å². The number of unbranched alkanes of at least 4 members (excludes halogenated alkanes) is 17. The zero-order valence-electron chi connectivity index (χ0n) is 53.2. The van der Waals surface area contributed by atoms with Gasteiger partial charge in [-0.05, 0) is 77.0 Å². The Balaban J connectivity index is 1.37. The number of nitrogens with one attached hydrogen (secondary N) is 1. The normalized spacial score (nSPS) is 29.0. The van der Waals surface area contributed by atoms with Crippen molar-refractivity contribution in [2.45, 2.75) is 304 Å². The molecule has 17 atom stereocenters. The minimum atomic E-state index is -1.98. The van der Waals surface area contributed by atoms with E-state index in [2.05, 4.69) is 116 Å². The van der Waals surface area contributed by atoms with Gasteiger partial charge in [0, 0.05) is 6.42 Å². The van der Waals surface area contributed by atoms with Gasteiger partial charge in [0.25, 0.3) is 0 Å². The fourth-order valence-electron chi connectivity index (χ4n) is 10.7. The predicted octanol–water partition coefficient (Wildman–Crippen LogP) is 8.10. The van der Waals surface area contributed by atoms with Crippen molar-refractivity contribution < 1.29 is 89.4 Å². The van der Waals surface area contributed by atoms with Gasteiger partial charge in [0.1, 0.15) is 73.2 Å². The first-order chi connectivity index (χ1) is 42.8. The molecule has 3 aliphatic rings. The van der Waals surface area contributed by atoms with Crippen molar-refractivity contribution in [3.05, 3.63) is 97.2 Å². The molecule has 506 valence electrons. The lowest BCUT2D eigenvalue weighted by molar-refractivity contribution is -0.379. The highest BCUT2D eigenvalue weighted by atomic mass is 16.8. The molecule has 3 saturated heterocycles. The molecule has 0 bridgehead atoms. The number of ether oxygens (including phenoxy) is 6. The van der Waals surface area contributed by atoms with E-state index in [9.17, 15) is 61.0 Å². The minimum absolute atomic E-state index is 0.250. The smallest absolute Gasteiger partial charge is 0.220 e. The molecular weight excluding hydrogens is 1130 g/mol. The third-order valence-corrected chi connectivity index (χ3v) is 16.2. The molecule has 17 unspecified atom stereocenters. The highest BCUT2D eigenvalue weighted by Gasteiger charge is 2.53. The first-order valence-corrected chi connectivity index (χ1v) is 33.5. The maximum absolute atomic E-state index is 13.4. The van der Waals surface area contributed by atoms with Crippen molar-refractivity contribution in [3.63, 3.8) is 0 Å². The number of aliphatic hydroxyl groups excluding tert-OH is 11. The zero-order valence-corrected chi connectivity index (χ0v) is 53.2. The maximum atomic E-state index is 13.4. The molecule has 1 amide bonds. The lowest BCUT2D eigenvalue weighted by Crippen LogP contribution is -2.66. The average Bonchev–Trinajstić information content (AvgIpc) is 1.83. The van der Waals surface area contributed by atoms with Crippen molar-refractivity contribution in [1.29, 1.82) is 0 Å². The molecule has 0 aromatic rings. The molecule has 12 N–H and O–H groups in total. The fraction of sp³-hybridized carbons (Fsp3) is 0.754. The largest absolute Gasteiger partial charge is 0.394 e. The summed E-state index contributed by atoms with van der Waals surface area (Å²) in [5, 5.41) is 120. The van der Waals surface area contributed by atoms with Crippen LogP contribution < -0.4 is 5.32 Å². The van der Waals surface area contributed by atoms with Crippen LogP contribution in [0.3, 0.4) is 0 Å². The van der Waals surface area contributed by atoms with Gasteiger partial charge < -0.3 is 89.9 Å². The zero-order chi connectivity index (χ0) is 64.0. The number of hydrogen-bond acceptors (Lipinski definition) is 18. The molecular formula is C69H117NO18. The summed E-state index contributed by atoms with van der Waals surface area (Å²) in [7, 11) is 0. The molecule has 3 heterocycles. The van der Waals surface area contributed by atoms with E-state index in [4.69, 9.17) is 28.4 Å². The third-order valence-electron chi connectivity index (χ3n) is 16.2. The number of carbonyl (C=O) groups is 1. The van der Waals surface area contributed by atoms with Gasteiger partial charge in [0.2, 0.25) is 5.91 Å². The van der Waals surface area contributed by atoms with Crippen LogP contribution in [-0.4, -0.2) is 193 Å². The lowest BCUT2D eigenvalue weighted by atomic mass is 9.96. The van der Waals surface area contributed by atoms with E-state index in [1.807, 2.05) is 0 Å². The third kappa shape index (κ3) is 32.3. The Hall–Kier alpha value is -3.29. The summed E-state index contributed by atoms with van der Waals surface area (Å²) >= 11 is 0. The molecule has 0 spiro atoms. The van der Waals surface area contributed by atoms with Crippen LogP contribution in [0, 0.1) is 0 Å². The van der Waals surface area contributed by atoms with Gasteiger partial charge in [-0.3, -0.25) is 4.79 Å². The van der Waals surface area contributed by atoms with E-state index in [-0.39, 0.29) is 18.9 Å². The number of rotatable bonds is 49. The molecule has 3 fully saturated rings. The van der Waals surface area contributed by atoms with Gasteiger partial charge in [0.05, 0.1) is 38.6 Å². The van der Waals surface area contributed by atoms with E-state index in [1.165, 1.54) is 51.4 Å². The predicted molar refractivity (Wildman–Crippen MR) is 341 cm³/mol. The van der Waals surface area contributed by atoms with Crippen molar-refractivity contribution in [2.24, 2.45) is 0 Å². The Labute approximate surface area is 526 Å². The Morgan fingerprint density at radius 2 is 0.784 bits per heavy atom. The summed E-state index contributed by atoms with van der Waals surface area (Å²) in [6.45, 7) is 1.63. The molecule has 3 rings (SSSR count). The van der Waals surface area contributed by atoms with Crippen LogP contribution in [0.25, 0.3) is 0 Å². The summed E-state index contributed by atoms with van der Waals surface area (Å²) in [5.41, 5.74) is 0. The Kier molecular flexibility index (Phi) is 45.1. The maximum Gasteiger partial charge on any atom is 0.220 e. The van der Waals surface area contributed by atoms with Crippen molar-refractivity contribution >= 4 is 5.91 Å². The van der Waals surface area contributed by atoms with Gasteiger partial charge in [0.15, 0.2) is 18.9 Å². The molecule has 0 radical (unpaired) electrons. The highest BCUT2D eigenvalue weighted by molar-refractivity contribution is 5.76. The first-order valence-electron chi connectivity index (χ1n) is 33.5. The van der Waals surface area contributed by atoms with E-state index in [0.717, 1.165) is 116 Å². The molecule has 0 aliphatic carbocycles. The highest BCUT2D eigenvalue weighted by Crippen LogP contribution is 2.33. The van der Waals surface area contributed by atoms with Crippen molar-refractivity contribution in [3.8, 4) is 0 Å². The molecule has 19 heteroatoms. The Bertz CT molecular complexity index is 1970. The second kappa shape index (κ2) is 50.3. The van der Waals surface area contributed by atoms with Crippen LogP contribution in [0.2, 0.25) is 0 Å². The van der Waals surface area contributed by atoms with E-state index in [1.54, 1.807) is 0 Å². The summed E-state index contributed by atoms with van der Waals surface area (Å²) in [6.07, 6.45) is 37.9. The minimum Gasteiger partial charge on any atom is -0.394 e. The number of hydrogen-bond donors (Lipinski definition) is 12. The van der Waals surface area contributed by atoms with Crippen LogP contribution in [0.15, 0.2) is 97.2 Å². The van der Waals surface area contributed by atoms with Crippen LogP contribution in [-0.2, 0) is 33.2 Å². The van der Waals surface area contributed by atoms with Crippen LogP contribution in [0.5, 0.6) is 0 Å². The molecule has 0 saturated carbocycles. The monoisotopic (exact) mass is 1250 g/mol. The number of aliphatic hydroxyl groups is 11. The van der Waals surface area contributed by atoms with Crippen LogP contribution in [0.1, 0.15) is 200 Å². The van der Waals surface area contributed by atoms with Crippen LogP contribution >= 0.6 is 0 Å². The molecule has 3 aliphatic heterocycles. The van der Waals surface area contributed by atoms with E-state index < -0.39 is 124 Å². The van der Waals surface area contributed by atoms with Crippen molar-refractivity contribution in [1.82, 2.24) is 5.32 Å². The summed E-state index contributed by atoms with van der Waals surface area (Å²) in [5.74, 6) is -0.258. The average molecular weight is 1250 g/mol. The van der Waals surface area contributed by atoms with E-state index in [0.29, 0.717) is 12.8 Å².